The van der Waals surface area contributed by atoms with Crippen molar-refractivity contribution in [2.75, 3.05) is 16.3 Å². The average molecular weight is 489 g/mol. The van der Waals surface area contributed by atoms with Crippen molar-refractivity contribution in [2.45, 2.75) is 32.2 Å². The fourth-order valence-corrected chi connectivity index (χ4v) is 5.96. The van der Waals surface area contributed by atoms with Gasteiger partial charge in [0.05, 0.1) is 10.8 Å². The van der Waals surface area contributed by atoms with Crippen molar-refractivity contribution in [3.8, 4) is 0 Å². The number of para-hydroxylation sites is 1. The van der Waals surface area contributed by atoms with E-state index in [1.54, 1.807) is 17.0 Å². The quantitative estimate of drug-likeness (QED) is 0.306. The number of benzene rings is 3. The Bertz CT molecular complexity index is 1330. The van der Waals surface area contributed by atoms with Crippen molar-refractivity contribution in [3.63, 3.8) is 0 Å². The molecule has 6 heteroatoms. The molecule has 0 saturated heterocycles. The number of rotatable bonds is 4. The lowest BCUT2D eigenvalue weighted by molar-refractivity contribution is -0.120. The van der Waals surface area contributed by atoms with E-state index < -0.39 is 0 Å². The lowest BCUT2D eigenvalue weighted by Crippen LogP contribution is -2.46. The smallest absolute Gasteiger partial charge is 0.268 e. The van der Waals surface area contributed by atoms with Crippen LogP contribution in [0.2, 0.25) is 5.02 Å². The summed E-state index contributed by atoms with van der Waals surface area (Å²) >= 11 is 7.57. The number of likely N-dealkylation sites (N-methyl/N-ethyl adjacent to an activating group) is 1. The molecule has 1 aliphatic rings. The molecule has 3 aromatic carbocycles. The molecule has 0 spiro atoms. The van der Waals surface area contributed by atoms with Crippen LogP contribution in [-0.2, 0) is 4.79 Å². The van der Waals surface area contributed by atoms with Crippen molar-refractivity contribution in [3.05, 3.63) is 94.3 Å². The fraction of sp³-hybridized carbons (Fsp3) is 0.214. The summed E-state index contributed by atoms with van der Waals surface area (Å²) in [5.41, 5.74) is 2.53. The number of anilines is 2. The van der Waals surface area contributed by atoms with Gasteiger partial charge in [-0.2, -0.15) is 0 Å². The standard InChI is InChI=1S/C28H25ClN2O2S/c1-3-30(21-14-12-20(29)13-15-21)27(32)23-16-18(2)31(24-10-6-5-9-22(23)24)28(33)26-17-19-8-4-7-11-25(19)34-26/h4-15,17-18,23H,3,16H2,1-2H3/t18-,23-/m0/s1. The highest BCUT2D eigenvalue weighted by Gasteiger charge is 2.39. The highest BCUT2D eigenvalue weighted by atomic mass is 35.5. The van der Waals surface area contributed by atoms with E-state index >= 15 is 0 Å². The second-order valence-electron chi connectivity index (χ2n) is 8.58. The van der Waals surface area contributed by atoms with Gasteiger partial charge in [0.15, 0.2) is 0 Å². The van der Waals surface area contributed by atoms with Crippen LogP contribution >= 0.6 is 22.9 Å². The number of carbonyl (C=O) groups is 2. The van der Waals surface area contributed by atoms with E-state index in [0.29, 0.717) is 22.9 Å². The first kappa shape index (κ1) is 22.6. The Balaban J connectivity index is 1.50. The Morgan fingerprint density at radius 1 is 1.03 bits per heavy atom. The predicted octanol–water partition coefficient (Wildman–Crippen LogP) is 7.13. The van der Waals surface area contributed by atoms with Crippen LogP contribution in [-0.4, -0.2) is 24.4 Å². The van der Waals surface area contributed by atoms with Gasteiger partial charge in [0.2, 0.25) is 5.91 Å². The van der Waals surface area contributed by atoms with Crippen molar-refractivity contribution >= 4 is 56.2 Å². The Morgan fingerprint density at radius 2 is 1.74 bits per heavy atom. The van der Waals surface area contributed by atoms with Crippen LogP contribution in [0.25, 0.3) is 10.1 Å². The first-order chi connectivity index (χ1) is 16.5. The lowest BCUT2D eigenvalue weighted by atomic mass is 9.84. The SMILES string of the molecule is CCN(C(=O)[C@H]1C[C@H](C)N(C(=O)c2cc3ccccc3s2)c2ccccc21)c1ccc(Cl)cc1. The fourth-order valence-electron chi connectivity index (χ4n) is 4.84. The molecule has 0 fully saturated rings. The highest BCUT2D eigenvalue weighted by molar-refractivity contribution is 7.20. The van der Waals surface area contributed by atoms with Crippen molar-refractivity contribution < 1.29 is 9.59 Å². The Morgan fingerprint density at radius 3 is 2.47 bits per heavy atom. The number of hydrogen-bond donors (Lipinski definition) is 0. The molecular weight excluding hydrogens is 464 g/mol. The zero-order chi connectivity index (χ0) is 23.8. The molecule has 172 valence electrons. The maximum atomic E-state index is 13.8. The molecule has 2 heterocycles. The third-order valence-corrected chi connectivity index (χ3v) is 7.82. The number of thiophene rings is 1. The summed E-state index contributed by atoms with van der Waals surface area (Å²) in [4.78, 5) is 31.8. The van der Waals surface area contributed by atoms with Gasteiger partial charge in [-0.3, -0.25) is 9.59 Å². The number of carbonyl (C=O) groups excluding carboxylic acids is 2. The molecule has 4 aromatic rings. The second-order valence-corrected chi connectivity index (χ2v) is 10.1. The zero-order valence-corrected chi connectivity index (χ0v) is 20.6. The van der Waals surface area contributed by atoms with Crippen LogP contribution in [0.5, 0.6) is 0 Å². The molecule has 1 aliphatic heterocycles. The van der Waals surface area contributed by atoms with E-state index in [1.807, 2.05) is 85.5 Å². The van der Waals surface area contributed by atoms with Gasteiger partial charge in [0.1, 0.15) is 0 Å². The van der Waals surface area contributed by atoms with E-state index in [1.165, 1.54) is 11.3 Å². The van der Waals surface area contributed by atoms with Gasteiger partial charge in [-0.15, -0.1) is 11.3 Å². The first-order valence-electron chi connectivity index (χ1n) is 11.5. The summed E-state index contributed by atoms with van der Waals surface area (Å²) in [6.07, 6.45) is 0.566. The lowest BCUT2D eigenvalue weighted by Gasteiger charge is -2.40. The van der Waals surface area contributed by atoms with E-state index in [9.17, 15) is 9.59 Å². The van der Waals surface area contributed by atoms with Gasteiger partial charge in [0, 0.05) is 33.7 Å². The molecule has 0 radical (unpaired) electrons. The van der Waals surface area contributed by atoms with Crippen molar-refractivity contribution in [1.29, 1.82) is 0 Å². The minimum Gasteiger partial charge on any atom is -0.312 e. The molecule has 5 rings (SSSR count). The number of halogens is 1. The average Bonchev–Trinajstić information content (AvgIpc) is 3.29. The highest BCUT2D eigenvalue weighted by Crippen LogP contribution is 2.41. The van der Waals surface area contributed by atoms with Crippen LogP contribution in [0.15, 0.2) is 78.9 Å². The van der Waals surface area contributed by atoms with Gasteiger partial charge < -0.3 is 9.80 Å². The molecule has 1 aromatic heterocycles. The number of amides is 2. The number of fused-ring (bicyclic) bond motifs is 2. The normalized spacial score (nSPS) is 17.4. The van der Waals surface area contributed by atoms with Crippen LogP contribution in [0.1, 0.15) is 41.4 Å². The third kappa shape index (κ3) is 3.99. The molecule has 0 unspecified atom stereocenters. The molecule has 0 aliphatic carbocycles. The largest absolute Gasteiger partial charge is 0.312 e. The van der Waals surface area contributed by atoms with Gasteiger partial charge in [-0.25, -0.2) is 0 Å². The van der Waals surface area contributed by atoms with E-state index in [4.69, 9.17) is 11.6 Å². The molecule has 0 saturated carbocycles. The summed E-state index contributed by atoms with van der Waals surface area (Å²) in [6.45, 7) is 4.56. The summed E-state index contributed by atoms with van der Waals surface area (Å²) in [7, 11) is 0. The first-order valence-corrected chi connectivity index (χ1v) is 12.7. The second kappa shape index (κ2) is 9.24. The van der Waals surface area contributed by atoms with Crippen LogP contribution < -0.4 is 9.80 Å². The third-order valence-electron chi connectivity index (χ3n) is 6.46. The van der Waals surface area contributed by atoms with Crippen molar-refractivity contribution in [1.82, 2.24) is 0 Å². The summed E-state index contributed by atoms with van der Waals surface area (Å²) < 4.78 is 1.10. The molecule has 34 heavy (non-hydrogen) atoms. The molecule has 0 bridgehead atoms. The zero-order valence-electron chi connectivity index (χ0n) is 19.1. The Labute approximate surface area is 208 Å². The minimum absolute atomic E-state index is 0.0166. The molecular formula is C28H25ClN2O2S. The Hall–Kier alpha value is -3.15. The van der Waals surface area contributed by atoms with Crippen molar-refractivity contribution in [2.24, 2.45) is 0 Å². The van der Waals surface area contributed by atoms with Gasteiger partial charge >= 0.3 is 0 Å². The molecule has 2 atom stereocenters. The van der Waals surface area contributed by atoms with Gasteiger partial charge in [-0.05, 0) is 73.7 Å². The number of hydrogen-bond acceptors (Lipinski definition) is 3. The Kier molecular flexibility index (Phi) is 6.15. The topological polar surface area (TPSA) is 40.6 Å². The number of nitrogens with zero attached hydrogens (tertiary/aromatic N) is 2. The molecule has 2 amide bonds. The maximum Gasteiger partial charge on any atom is 0.268 e. The summed E-state index contributed by atoms with van der Waals surface area (Å²) in [5.74, 6) is -0.302. The van der Waals surface area contributed by atoms with E-state index in [-0.39, 0.29) is 23.8 Å². The van der Waals surface area contributed by atoms with Gasteiger partial charge in [0.25, 0.3) is 5.91 Å². The predicted molar refractivity (Wildman–Crippen MR) is 141 cm³/mol. The molecule has 0 N–H and O–H groups in total. The monoisotopic (exact) mass is 488 g/mol. The van der Waals surface area contributed by atoms with E-state index in [2.05, 4.69) is 0 Å². The molecule has 4 nitrogen and oxygen atoms in total. The minimum atomic E-state index is -0.326. The van der Waals surface area contributed by atoms with Crippen LogP contribution in [0.4, 0.5) is 11.4 Å². The van der Waals surface area contributed by atoms with Crippen LogP contribution in [0, 0.1) is 0 Å². The van der Waals surface area contributed by atoms with E-state index in [0.717, 1.165) is 27.0 Å². The maximum absolute atomic E-state index is 13.8. The van der Waals surface area contributed by atoms with Gasteiger partial charge in [-0.1, -0.05) is 48.0 Å². The summed E-state index contributed by atoms with van der Waals surface area (Å²) in [5, 5.41) is 1.71. The van der Waals surface area contributed by atoms with Crippen LogP contribution in [0.3, 0.4) is 0 Å². The summed E-state index contributed by atoms with van der Waals surface area (Å²) in [6, 6.07) is 25.0.